The molecule has 144 valence electrons. The van der Waals surface area contributed by atoms with Gasteiger partial charge in [0.25, 0.3) is 0 Å². The van der Waals surface area contributed by atoms with Crippen molar-refractivity contribution in [1.29, 1.82) is 0 Å². The van der Waals surface area contributed by atoms with Crippen LogP contribution in [0.15, 0.2) is 29.2 Å². The predicted molar refractivity (Wildman–Crippen MR) is 102 cm³/mol. The summed E-state index contributed by atoms with van der Waals surface area (Å²) in [6.07, 6.45) is 1.08. The maximum absolute atomic E-state index is 12.4. The van der Waals surface area contributed by atoms with E-state index in [2.05, 4.69) is 10.3 Å². The highest BCUT2D eigenvalue weighted by molar-refractivity contribution is 7.92. The average molecular weight is 409 g/mol. The molecule has 0 fully saturated rings. The summed E-state index contributed by atoms with van der Waals surface area (Å²) in [6, 6.07) is 5.83. The number of amides is 1. The number of thiazole rings is 1. The van der Waals surface area contributed by atoms with Crippen LogP contribution in [-0.4, -0.2) is 38.0 Å². The van der Waals surface area contributed by atoms with Crippen LogP contribution in [0.4, 0.5) is 5.13 Å². The number of anilines is 1. The van der Waals surface area contributed by atoms with E-state index in [0.717, 1.165) is 11.3 Å². The van der Waals surface area contributed by atoms with Crippen molar-refractivity contribution in [2.75, 3.05) is 18.2 Å². The maximum Gasteiger partial charge on any atom is 0.241 e. The van der Waals surface area contributed by atoms with E-state index < -0.39 is 21.5 Å². The van der Waals surface area contributed by atoms with E-state index in [1.807, 2.05) is 13.8 Å². The van der Waals surface area contributed by atoms with Crippen molar-refractivity contribution < 1.29 is 22.7 Å². The Labute approximate surface area is 161 Å². The number of ketones is 1. The first-order valence-electron chi connectivity index (χ1n) is 8.29. The van der Waals surface area contributed by atoms with Crippen LogP contribution in [0, 0.1) is 5.41 Å². The Morgan fingerprint density at radius 3 is 2.56 bits per heavy atom. The largest absolute Gasteiger partial charge is 0.497 e. The van der Waals surface area contributed by atoms with Crippen molar-refractivity contribution in [3.63, 3.8) is 0 Å². The average Bonchev–Trinajstić information content (AvgIpc) is 2.95. The molecule has 0 atom stereocenters. The molecule has 1 aromatic heterocycles. The number of ether oxygens (including phenoxy) is 1. The molecular formula is C18H20N2O5S2. The number of Topliss-reactive ketones (excluding diaryl/α,β-unsaturated/α-hetero) is 1. The lowest BCUT2D eigenvalue weighted by molar-refractivity contribution is -0.113. The van der Waals surface area contributed by atoms with Gasteiger partial charge in [-0.05, 0) is 36.1 Å². The molecule has 9 heteroatoms. The van der Waals surface area contributed by atoms with Gasteiger partial charge in [0.1, 0.15) is 11.5 Å². The molecule has 0 unspecified atom stereocenters. The van der Waals surface area contributed by atoms with Gasteiger partial charge in [-0.25, -0.2) is 13.4 Å². The molecule has 1 aliphatic rings. The Hall–Kier alpha value is -2.26. The number of methoxy groups -OCH3 is 1. The molecule has 1 aliphatic carbocycles. The monoisotopic (exact) mass is 408 g/mol. The number of carbonyl (C=O) groups is 2. The summed E-state index contributed by atoms with van der Waals surface area (Å²) < 4.78 is 29.8. The van der Waals surface area contributed by atoms with Crippen molar-refractivity contribution in [3.05, 3.63) is 34.8 Å². The van der Waals surface area contributed by atoms with Crippen LogP contribution in [0.5, 0.6) is 5.75 Å². The third-order valence-corrected chi connectivity index (χ3v) is 6.91. The van der Waals surface area contributed by atoms with Crippen molar-refractivity contribution >= 4 is 38.0 Å². The lowest BCUT2D eigenvalue weighted by atomic mass is 9.78. The number of hydrogen-bond acceptors (Lipinski definition) is 7. The minimum absolute atomic E-state index is 0.00473. The first-order valence-corrected chi connectivity index (χ1v) is 10.8. The first-order chi connectivity index (χ1) is 12.6. The SMILES string of the molecule is COc1ccc(S(=O)(=O)CC(=O)Nc2nc3c(s2)C(=O)CC(C)(C)C3)cc1. The Morgan fingerprint density at radius 1 is 1.26 bits per heavy atom. The molecule has 3 rings (SSSR count). The van der Waals surface area contributed by atoms with Crippen molar-refractivity contribution in [3.8, 4) is 5.75 Å². The van der Waals surface area contributed by atoms with E-state index in [0.29, 0.717) is 29.2 Å². The van der Waals surface area contributed by atoms with E-state index in [1.165, 1.54) is 31.4 Å². The zero-order valence-electron chi connectivity index (χ0n) is 15.2. The number of carbonyl (C=O) groups excluding carboxylic acids is 2. The third kappa shape index (κ3) is 4.36. The second kappa shape index (κ2) is 7.05. The molecule has 1 aromatic carbocycles. The second-order valence-electron chi connectivity index (χ2n) is 7.22. The number of rotatable bonds is 5. The lowest BCUT2D eigenvalue weighted by Crippen LogP contribution is -2.26. The van der Waals surface area contributed by atoms with E-state index in [-0.39, 0.29) is 21.2 Å². The van der Waals surface area contributed by atoms with E-state index in [1.54, 1.807) is 0 Å². The molecule has 0 saturated carbocycles. The van der Waals surface area contributed by atoms with Gasteiger partial charge in [0.2, 0.25) is 5.91 Å². The van der Waals surface area contributed by atoms with Crippen molar-refractivity contribution in [2.45, 2.75) is 31.6 Å². The normalized spacial score (nSPS) is 15.9. The van der Waals surface area contributed by atoms with E-state index in [9.17, 15) is 18.0 Å². The lowest BCUT2D eigenvalue weighted by Gasteiger charge is -2.26. The summed E-state index contributed by atoms with van der Waals surface area (Å²) in [5.74, 6) is -0.865. The predicted octanol–water partition coefficient (Wildman–Crippen LogP) is 2.72. The molecule has 0 saturated heterocycles. The molecule has 0 spiro atoms. The molecule has 27 heavy (non-hydrogen) atoms. The summed E-state index contributed by atoms with van der Waals surface area (Å²) in [5.41, 5.74) is 0.492. The third-order valence-electron chi connectivity index (χ3n) is 4.22. The van der Waals surface area contributed by atoms with Crippen LogP contribution in [-0.2, 0) is 21.1 Å². The second-order valence-corrected chi connectivity index (χ2v) is 10.2. The van der Waals surface area contributed by atoms with Crippen LogP contribution in [0.2, 0.25) is 0 Å². The molecule has 0 bridgehead atoms. The van der Waals surface area contributed by atoms with Gasteiger partial charge in [-0.3, -0.25) is 9.59 Å². The molecule has 0 aliphatic heterocycles. The van der Waals surface area contributed by atoms with Crippen LogP contribution in [0.1, 0.15) is 35.6 Å². The van der Waals surface area contributed by atoms with Crippen LogP contribution in [0.3, 0.4) is 0 Å². The highest BCUT2D eigenvalue weighted by atomic mass is 32.2. The van der Waals surface area contributed by atoms with Crippen molar-refractivity contribution in [1.82, 2.24) is 4.98 Å². The summed E-state index contributed by atoms with van der Waals surface area (Å²) in [4.78, 5) is 29.3. The van der Waals surface area contributed by atoms with Gasteiger partial charge in [0.05, 0.1) is 22.6 Å². The van der Waals surface area contributed by atoms with Gasteiger partial charge < -0.3 is 10.1 Å². The van der Waals surface area contributed by atoms with Crippen LogP contribution in [0.25, 0.3) is 0 Å². The highest BCUT2D eigenvalue weighted by Gasteiger charge is 2.34. The summed E-state index contributed by atoms with van der Waals surface area (Å²) >= 11 is 1.10. The zero-order valence-corrected chi connectivity index (χ0v) is 16.9. The van der Waals surface area contributed by atoms with Gasteiger partial charge >= 0.3 is 0 Å². The van der Waals surface area contributed by atoms with E-state index >= 15 is 0 Å². The van der Waals surface area contributed by atoms with Crippen LogP contribution < -0.4 is 10.1 Å². The number of fused-ring (bicyclic) bond motifs is 1. The Bertz CT molecular complexity index is 991. The fraction of sp³-hybridized carbons (Fsp3) is 0.389. The number of nitrogens with zero attached hydrogens (tertiary/aromatic N) is 1. The van der Waals surface area contributed by atoms with Gasteiger partial charge in [0.15, 0.2) is 20.8 Å². The highest BCUT2D eigenvalue weighted by Crippen LogP contribution is 2.38. The quantitative estimate of drug-likeness (QED) is 0.816. The molecule has 1 N–H and O–H groups in total. The van der Waals surface area contributed by atoms with E-state index in [4.69, 9.17) is 4.74 Å². The van der Waals surface area contributed by atoms with Gasteiger partial charge in [-0.2, -0.15) is 0 Å². The molecule has 7 nitrogen and oxygen atoms in total. The smallest absolute Gasteiger partial charge is 0.241 e. The Kier molecular flexibility index (Phi) is 5.09. The zero-order chi connectivity index (χ0) is 19.8. The first kappa shape index (κ1) is 19.5. The minimum Gasteiger partial charge on any atom is -0.497 e. The Morgan fingerprint density at radius 2 is 1.93 bits per heavy atom. The Balaban J connectivity index is 1.72. The molecule has 2 aromatic rings. The standard InChI is InChI=1S/C18H20N2O5S2/c1-18(2)8-13-16(14(21)9-18)26-17(19-13)20-15(22)10-27(23,24)12-6-4-11(25-3)5-7-12/h4-7H,8-10H2,1-3H3,(H,19,20,22). The summed E-state index contributed by atoms with van der Waals surface area (Å²) in [5, 5.41) is 2.76. The molecule has 1 amide bonds. The number of sulfone groups is 1. The van der Waals surface area contributed by atoms with Gasteiger partial charge in [-0.1, -0.05) is 25.2 Å². The topological polar surface area (TPSA) is 102 Å². The van der Waals surface area contributed by atoms with Crippen LogP contribution >= 0.6 is 11.3 Å². The maximum atomic E-state index is 12.4. The summed E-state index contributed by atoms with van der Waals surface area (Å²) in [7, 11) is -2.31. The summed E-state index contributed by atoms with van der Waals surface area (Å²) in [6.45, 7) is 3.99. The number of aromatic nitrogens is 1. The van der Waals surface area contributed by atoms with Gasteiger partial charge in [0, 0.05) is 6.42 Å². The molecule has 0 radical (unpaired) electrons. The fourth-order valence-electron chi connectivity index (χ4n) is 2.97. The number of hydrogen-bond donors (Lipinski definition) is 1. The van der Waals surface area contributed by atoms with Crippen molar-refractivity contribution in [2.24, 2.45) is 5.41 Å². The number of benzene rings is 1. The van der Waals surface area contributed by atoms with Gasteiger partial charge in [-0.15, -0.1) is 0 Å². The number of nitrogens with one attached hydrogen (secondary N) is 1. The minimum atomic E-state index is -3.79. The molecule has 1 heterocycles. The fourth-order valence-corrected chi connectivity index (χ4v) is 5.04. The molecular weight excluding hydrogens is 388 g/mol.